The maximum absolute atomic E-state index is 11.1. The Morgan fingerprint density at radius 2 is 2.23 bits per heavy atom. The summed E-state index contributed by atoms with van der Waals surface area (Å²) in [6.45, 7) is 1.72. The van der Waals surface area contributed by atoms with E-state index in [1.165, 1.54) is 0 Å². The van der Waals surface area contributed by atoms with Crippen molar-refractivity contribution in [2.24, 2.45) is 0 Å². The molecular weight excluding hydrogens is 187 g/mol. The Morgan fingerprint density at radius 3 is 2.62 bits per heavy atom. The molecule has 2 N–H and O–H groups in total. The van der Waals surface area contributed by atoms with Gasteiger partial charge in [-0.3, -0.25) is 0 Å². The fraction of sp³-hybridized carbons (Fsp3) is 0.500. The molecule has 0 radical (unpaired) electrons. The van der Waals surface area contributed by atoms with Crippen molar-refractivity contribution in [3.05, 3.63) is 0 Å². The Bertz CT molecular complexity index is 265. The topological polar surface area (TPSA) is 84.5 Å². The molecule has 0 aliphatic carbocycles. The molecule has 1 aliphatic rings. The molecule has 13 heavy (non-hydrogen) atoms. The van der Waals surface area contributed by atoms with Crippen LogP contribution >= 0.6 is 0 Å². The molecule has 2 unspecified atom stereocenters. The zero-order chi connectivity index (χ0) is 10.0. The minimum absolute atomic E-state index is 0.169. The third kappa shape index (κ3) is 2.68. The zero-order valence-electron chi connectivity index (χ0n) is 7.29. The average molecular weight is 194 g/mol. The summed E-state index contributed by atoms with van der Waals surface area (Å²) in [5.41, 5.74) is 0. The number of urea groups is 1. The van der Waals surface area contributed by atoms with Crippen LogP contribution in [0.2, 0.25) is 0 Å². The van der Waals surface area contributed by atoms with Crippen molar-refractivity contribution >= 4 is 45.8 Å². The quantitative estimate of drug-likeness (QED) is 0.236. The summed E-state index contributed by atoms with van der Waals surface area (Å²) in [5, 5.41) is 4.09. The van der Waals surface area contributed by atoms with Gasteiger partial charge in [-0.05, 0) is 0 Å². The number of carbonyl (C=O) groups is 3. The number of rotatable bonds is 2. The molecule has 0 aromatic carbocycles. The number of ether oxygens (including phenoxy) is 1. The van der Waals surface area contributed by atoms with Crippen molar-refractivity contribution in [1.82, 2.24) is 10.6 Å². The Labute approximate surface area is 91.8 Å². The van der Waals surface area contributed by atoms with Gasteiger partial charge in [-0.15, -0.1) is 0 Å². The van der Waals surface area contributed by atoms with Crippen molar-refractivity contribution in [3.63, 3.8) is 0 Å². The summed E-state index contributed by atoms with van der Waals surface area (Å²) < 4.78 is 4.63. The van der Waals surface area contributed by atoms with E-state index < -0.39 is 23.9 Å². The molecule has 1 heterocycles. The van der Waals surface area contributed by atoms with Gasteiger partial charge in [-0.1, -0.05) is 0 Å². The second kappa shape index (κ2) is 4.08. The first kappa shape index (κ1) is 10.5. The normalized spacial score (nSPS) is 23.5. The number of carbonyl (C=O) groups excluding carboxylic acids is 3. The van der Waals surface area contributed by atoms with E-state index in [4.69, 9.17) is 4.74 Å². The Morgan fingerprint density at radius 1 is 1.62 bits per heavy atom. The fourth-order valence-corrected chi connectivity index (χ4v) is 1.12. The molecule has 7 heteroatoms. The Kier molecular flexibility index (Phi) is 3.29. The van der Waals surface area contributed by atoms with Gasteiger partial charge in [-0.25, -0.2) is 0 Å². The first-order valence-electron chi connectivity index (χ1n) is 3.82. The third-order valence-corrected chi connectivity index (χ3v) is 1.60. The molecule has 6 nitrogen and oxygen atoms in total. The van der Waals surface area contributed by atoms with Crippen LogP contribution in [0.3, 0.4) is 0 Å². The summed E-state index contributed by atoms with van der Waals surface area (Å²) >= 11 is 0.689. The van der Waals surface area contributed by atoms with Crippen LogP contribution in [-0.2, 0) is 14.3 Å². The first-order valence-corrected chi connectivity index (χ1v) is 4.98. The van der Waals surface area contributed by atoms with E-state index in [2.05, 4.69) is 5.32 Å². The van der Waals surface area contributed by atoms with Crippen LogP contribution in [0.5, 0.6) is 0 Å². The standard InChI is InChI=1S/C6H7N2O4.Na/c1-2-12-5(10)3-4(9)8-6(11)7-3;/h2-3H,1H3,(H2,7,8,9,11);. The van der Waals surface area contributed by atoms with Crippen LogP contribution < -0.4 is 10.6 Å². The van der Waals surface area contributed by atoms with E-state index in [-0.39, 0.29) is 3.35 Å². The number of imide groups is 1. The van der Waals surface area contributed by atoms with Gasteiger partial charge in [0.2, 0.25) is 0 Å². The molecular formula is C6H7N2NaO4. The molecule has 3 amide bonds. The van der Waals surface area contributed by atoms with Gasteiger partial charge in [0.05, 0.1) is 0 Å². The SMILES string of the molecule is C[CH]([Na])OC(=O)C1NC(=O)NC1=O. The van der Waals surface area contributed by atoms with Crippen molar-refractivity contribution in [1.29, 1.82) is 0 Å². The Balaban J connectivity index is 2.57. The van der Waals surface area contributed by atoms with Crippen molar-refractivity contribution in [2.45, 2.75) is 16.3 Å². The average Bonchev–Trinajstić information content (AvgIpc) is 2.28. The molecule has 1 fully saturated rings. The molecule has 0 spiro atoms. The molecule has 1 saturated heterocycles. The van der Waals surface area contributed by atoms with E-state index in [1.807, 2.05) is 5.32 Å². The number of esters is 1. The predicted molar refractivity (Wildman–Crippen MR) is 41.8 cm³/mol. The number of hydrogen-bond acceptors (Lipinski definition) is 4. The van der Waals surface area contributed by atoms with Gasteiger partial charge in [0.15, 0.2) is 0 Å². The minimum atomic E-state index is -1.18. The number of amides is 3. The molecule has 0 aromatic heterocycles. The van der Waals surface area contributed by atoms with Crippen LogP contribution in [0.4, 0.5) is 4.79 Å². The summed E-state index contributed by atoms with van der Waals surface area (Å²) in [4.78, 5) is 32.7. The molecule has 2 atom stereocenters. The van der Waals surface area contributed by atoms with E-state index in [9.17, 15) is 14.4 Å². The maximum atomic E-state index is 11.1. The monoisotopic (exact) mass is 194 g/mol. The van der Waals surface area contributed by atoms with Gasteiger partial charge in [0.25, 0.3) is 0 Å². The van der Waals surface area contributed by atoms with Crippen molar-refractivity contribution in [2.75, 3.05) is 0 Å². The summed E-state index contributed by atoms with van der Waals surface area (Å²) in [7, 11) is 0. The molecule has 1 rings (SSSR count). The number of nitrogens with one attached hydrogen (secondary N) is 2. The fourth-order valence-electron chi connectivity index (χ4n) is 0.883. The van der Waals surface area contributed by atoms with Crippen LogP contribution in [0, 0.1) is 0 Å². The van der Waals surface area contributed by atoms with Gasteiger partial charge in [0.1, 0.15) is 0 Å². The summed E-state index contributed by atoms with van der Waals surface area (Å²) in [6, 6.07) is -1.84. The molecule has 0 aromatic rings. The van der Waals surface area contributed by atoms with Crippen LogP contribution in [0.25, 0.3) is 0 Å². The van der Waals surface area contributed by atoms with Crippen molar-refractivity contribution in [3.8, 4) is 0 Å². The van der Waals surface area contributed by atoms with Crippen LogP contribution in [0.15, 0.2) is 0 Å². The van der Waals surface area contributed by atoms with Gasteiger partial charge < -0.3 is 0 Å². The van der Waals surface area contributed by atoms with E-state index in [0.29, 0.717) is 27.9 Å². The van der Waals surface area contributed by atoms with Crippen molar-refractivity contribution < 1.29 is 19.1 Å². The second-order valence-electron chi connectivity index (χ2n) is 2.88. The summed E-state index contributed by atoms with van der Waals surface area (Å²) in [5.74, 6) is -1.36. The first-order chi connectivity index (χ1) is 6.00. The van der Waals surface area contributed by atoms with Gasteiger partial charge in [0, 0.05) is 0 Å². The number of hydrogen-bond donors (Lipinski definition) is 2. The van der Waals surface area contributed by atoms with Gasteiger partial charge in [-0.2, -0.15) is 0 Å². The predicted octanol–water partition coefficient (Wildman–Crippen LogP) is -1.75. The van der Waals surface area contributed by atoms with Gasteiger partial charge >= 0.3 is 91.9 Å². The van der Waals surface area contributed by atoms with E-state index in [0.717, 1.165) is 0 Å². The van der Waals surface area contributed by atoms with Crippen LogP contribution in [0.1, 0.15) is 6.92 Å². The molecule has 0 saturated carbocycles. The second-order valence-corrected chi connectivity index (χ2v) is 4.51. The molecule has 1 aliphatic heterocycles. The van der Waals surface area contributed by atoms with E-state index >= 15 is 0 Å². The Hall–Kier alpha value is -0.590. The summed E-state index contributed by atoms with van der Waals surface area (Å²) in [6.07, 6.45) is 0. The molecule has 0 bridgehead atoms. The van der Waals surface area contributed by atoms with E-state index in [1.54, 1.807) is 6.92 Å². The third-order valence-electron chi connectivity index (χ3n) is 1.36. The van der Waals surface area contributed by atoms with Crippen LogP contribution in [-0.4, -0.2) is 55.2 Å². The molecule has 66 valence electrons. The zero-order valence-corrected chi connectivity index (χ0v) is 9.29.